The van der Waals surface area contributed by atoms with E-state index < -0.39 is 5.97 Å². The Morgan fingerprint density at radius 1 is 1.38 bits per heavy atom. The highest BCUT2D eigenvalue weighted by molar-refractivity contribution is 5.94. The van der Waals surface area contributed by atoms with Crippen LogP contribution in [-0.4, -0.2) is 39.5 Å². The maximum atomic E-state index is 12.7. The van der Waals surface area contributed by atoms with Gasteiger partial charge in [0.25, 0.3) is 5.91 Å². The molecule has 0 spiro atoms. The van der Waals surface area contributed by atoms with Crippen LogP contribution in [0.25, 0.3) is 0 Å². The molecule has 116 valence electrons. The number of carboxylic acids is 1. The summed E-state index contributed by atoms with van der Waals surface area (Å²) in [6.45, 7) is 4.18. The molecule has 1 heterocycles. The molecule has 2 rings (SSSR count). The first-order valence-corrected chi connectivity index (χ1v) is 7.67. The standard InChI is InChI=1S/C16H24N2O3/c1-12(2)10-17(11-15(19)20)16(21)14-8-5-9-18(14)13-6-3-4-7-13/h5,8-9,12-13H,3-4,6-7,10-11H2,1-2H3,(H,19,20). The minimum Gasteiger partial charge on any atom is -0.480 e. The van der Waals surface area contributed by atoms with Gasteiger partial charge in [0, 0.05) is 18.8 Å². The Morgan fingerprint density at radius 3 is 2.62 bits per heavy atom. The lowest BCUT2D eigenvalue weighted by Gasteiger charge is -2.24. The average molecular weight is 292 g/mol. The third-order valence-corrected chi connectivity index (χ3v) is 3.92. The van der Waals surface area contributed by atoms with Gasteiger partial charge in [-0.3, -0.25) is 9.59 Å². The van der Waals surface area contributed by atoms with Gasteiger partial charge in [-0.1, -0.05) is 26.7 Å². The van der Waals surface area contributed by atoms with Gasteiger partial charge in [-0.05, 0) is 30.9 Å². The molecular weight excluding hydrogens is 268 g/mol. The first-order chi connectivity index (χ1) is 9.99. The fourth-order valence-corrected chi connectivity index (χ4v) is 3.06. The number of aliphatic carboxylic acids is 1. The predicted molar refractivity (Wildman–Crippen MR) is 80.3 cm³/mol. The van der Waals surface area contributed by atoms with E-state index in [9.17, 15) is 9.59 Å². The quantitative estimate of drug-likeness (QED) is 0.877. The molecule has 1 aromatic rings. The van der Waals surface area contributed by atoms with Crippen LogP contribution < -0.4 is 0 Å². The van der Waals surface area contributed by atoms with E-state index in [1.165, 1.54) is 17.7 Å². The highest BCUT2D eigenvalue weighted by atomic mass is 16.4. The van der Waals surface area contributed by atoms with Crippen LogP contribution >= 0.6 is 0 Å². The molecule has 1 saturated carbocycles. The van der Waals surface area contributed by atoms with Crippen LogP contribution in [0.5, 0.6) is 0 Å². The van der Waals surface area contributed by atoms with E-state index in [0.717, 1.165) is 12.8 Å². The first-order valence-electron chi connectivity index (χ1n) is 7.67. The van der Waals surface area contributed by atoms with Crippen molar-refractivity contribution in [1.82, 2.24) is 9.47 Å². The summed E-state index contributed by atoms with van der Waals surface area (Å²) in [5.74, 6) is -0.908. The van der Waals surface area contributed by atoms with Gasteiger partial charge >= 0.3 is 5.97 Å². The molecule has 1 aliphatic rings. The molecule has 0 radical (unpaired) electrons. The Morgan fingerprint density at radius 2 is 2.05 bits per heavy atom. The van der Waals surface area contributed by atoms with Gasteiger partial charge in [0.1, 0.15) is 12.2 Å². The second-order valence-electron chi connectivity index (χ2n) is 6.21. The molecule has 1 amide bonds. The predicted octanol–water partition coefficient (Wildman–Crippen LogP) is 2.79. The molecule has 5 heteroatoms. The van der Waals surface area contributed by atoms with Crippen molar-refractivity contribution in [2.45, 2.75) is 45.6 Å². The second kappa shape index (κ2) is 6.78. The summed E-state index contributed by atoms with van der Waals surface area (Å²) >= 11 is 0. The molecular formula is C16H24N2O3. The summed E-state index contributed by atoms with van der Waals surface area (Å²) in [6.07, 6.45) is 6.52. The monoisotopic (exact) mass is 292 g/mol. The third-order valence-electron chi connectivity index (χ3n) is 3.92. The fourth-order valence-electron chi connectivity index (χ4n) is 3.06. The zero-order valence-corrected chi connectivity index (χ0v) is 12.8. The van der Waals surface area contributed by atoms with Gasteiger partial charge in [-0.25, -0.2) is 0 Å². The van der Waals surface area contributed by atoms with Crippen molar-refractivity contribution in [3.8, 4) is 0 Å². The minimum absolute atomic E-state index is 0.178. The van der Waals surface area contributed by atoms with Crippen LogP contribution in [0.2, 0.25) is 0 Å². The number of hydrogen-bond acceptors (Lipinski definition) is 2. The molecule has 1 aliphatic carbocycles. The van der Waals surface area contributed by atoms with Crippen LogP contribution in [0.15, 0.2) is 18.3 Å². The van der Waals surface area contributed by atoms with Gasteiger partial charge in [0.05, 0.1) is 0 Å². The summed E-state index contributed by atoms with van der Waals surface area (Å²) < 4.78 is 2.03. The number of carboxylic acid groups (broad SMARTS) is 1. The van der Waals surface area contributed by atoms with Gasteiger partial charge < -0.3 is 14.6 Å². The van der Waals surface area contributed by atoms with Crippen molar-refractivity contribution in [1.29, 1.82) is 0 Å². The number of carbonyl (C=O) groups excluding carboxylic acids is 1. The second-order valence-corrected chi connectivity index (χ2v) is 6.21. The summed E-state index contributed by atoms with van der Waals surface area (Å²) in [5.41, 5.74) is 0.615. The Labute approximate surface area is 125 Å². The summed E-state index contributed by atoms with van der Waals surface area (Å²) in [5, 5.41) is 9.02. The number of nitrogens with zero attached hydrogens (tertiary/aromatic N) is 2. The molecule has 0 aromatic carbocycles. The number of carbonyl (C=O) groups is 2. The van der Waals surface area contributed by atoms with Crippen LogP contribution in [-0.2, 0) is 4.79 Å². The Hall–Kier alpha value is -1.78. The van der Waals surface area contributed by atoms with Gasteiger partial charge in [-0.15, -0.1) is 0 Å². The molecule has 0 bridgehead atoms. The van der Waals surface area contributed by atoms with Crippen molar-refractivity contribution in [2.24, 2.45) is 5.92 Å². The van der Waals surface area contributed by atoms with E-state index in [1.807, 2.05) is 30.7 Å². The van der Waals surface area contributed by atoms with Crippen molar-refractivity contribution in [2.75, 3.05) is 13.1 Å². The number of rotatable bonds is 6. The zero-order valence-electron chi connectivity index (χ0n) is 12.8. The molecule has 0 unspecified atom stereocenters. The Bertz CT molecular complexity index is 501. The third kappa shape index (κ3) is 3.86. The van der Waals surface area contributed by atoms with Gasteiger partial charge in [-0.2, -0.15) is 0 Å². The van der Waals surface area contributed by atoms with Crippen molar-refractivity contribution < 1.29 is 14.7 Å². The molecule has 1 aromatic heterocycles. The molecule has 21 heavy (non-hydrogen) atoms. The maximum Gasteiger partial charge on any atom is 0.323 e. The van der Waals surface area contributed by atoms with E-state index in [0.29, 0.717) is 18.3 Å². The average Bonchev–Trinajstić information content (AvgIpc) is 3.06. The largest absolute Gasteiger partial charge is 0.480 e. The van der Waals surface area contributed by atoms with Crippen LogP contribution in [0, 0.1) is 5.92 Å². The lowest BCUT2D eigenvalue weighted by molar-refractivity contribution is -0.137. The van der Waals surface area contributed by atoms with Crippen molar-refractivity contribution in [3.63, 3.8) is 0 Å². The Kier molecular flexibility index (Phi) is 5.04. The van der Waals surface area contributed by atoms with Crippen molar-refractivity contribution in [3.05, 3.63) is 24.0 Å². The molecule has 0 atom stereocenters. The number of aromatic nitrogens is 1. The number of hydrogen-bond donors (Lipinski definition) is 1. The maximum absolute atomic E-state index is 12.7. The van der Waals surface area contributed by atoms with Crippen LogP contribution in [0.1, 0.15) is 56.1 Å². The Balaban J connectivity index is 2.19. The van der Waals surface area contributed by atoms with E-state index in [-0.39, 0.29) is 18.4 Å². The molecule has 1 N–H and O–H groups in total. The van der Waals surface area contributed by atoms with Crippen LogP contribution in [0.4, 0.5) is 0 Å². The highest BCUT2D eigenvalue weighted by Crippen LogP contribution is 2.31. The topological polar surface area (TPSA) is 62.5 Å². The SMILES string of the molecule is CC(C)CN(CC(=O)O)C(=O)c1cccn1C1CCCC1. The number of amides is 1. The fraction of sp³-hybridized carbons (Fsp3) is 0.625. The van der Waals surface area contributed by atoms with E-state index in [2.05, 4.69) is 0 Å². The normalized spacial score (nSPS) is 15.6. The van der Waals surface area contributed by atoms with E-state index >= 15 is 0 Å². The van der Waals surface area contributed by atoms with Gasteiger partial charge in [0.2, 0.25) is 0 Å². The smallest absolute Gasteiger partial charge is 0.323 e. The highest BCUT2D eigenvalue weighted by Gasteiger charge is 2.25. The summed E-state index contributed by atoms with van der Waals surface area (Å²) in [6, 6.07) is 4.06. The van der Waals surface area contributed by atoms with Crippen LogP contribution in [0.3, 0.4) is 0 Å². The zero-order chi connectivity index (χ0) is 15.4. The molecule has 0 aliphatic heterocycles. The minimum atomic E-state index is -0.969. The van der Waals surface area contributed by atoms with Crippen molar-refractivity contribution >= 4 is 11.9 Å². The summed E-state index contributed by atoms with van der Waals surface area (Å²) in [4.78, 5) is 25.1. The lowest BCUT2D eigenvalue weighted by Crippen LogP contribution is -2.39. The van der Waals surface area contributed by atoms with Gasteiger partial charge in [0.15, 0.2) is 0 Å². The first kappa shape index (κ1) is 15.6. The molecule has 0 saturated heterocycles. The van der Waals surface area contributed by atoms with E-state index in [1.54, 1.807) is 6.07 Å². The van der Waals surface area contributed by atoms with E-state index in [4.69, 9.17) is 5.11 Å². The molecule has 1 fully saturated rings. The lowest BCUT2D eigenvalue weighted by atomic mass is 10.2. The molecule has 5 nitrogen and oxygen atoms in total. The summed E-state index contributed by atoms with van der Waals surface area (Å²) in [7, 11) is 0.